The molecule has 2 aromatic rings. The molecule has 0 aliphatic rings. The fraction of sp³-hybridized carbons (Fsp3) is 0.190. The topological polar surface area (TPSA) is 87.0 Å². The number of ketones is 1. The van der Waals surface area contributed by atoms with Crippen molar-refractivity contribution < 1.29 is 24.9 Å². The van der Waals surface area contributed by atoms with Crippen LogP contribution >= 0.6 is 0 Å². The van der Waals surface area contributed by atoms with E-state index in [1.807, 2.05) is 19.9 Å². The van der Waals surface area contributed by atoms with Crippen LogP contribution in [0.1, 0.15) is 35.3 Å². The fourth-order valence-electron chi connectivity index (χ4n) is 2.41. The number of carbonyl (C=O) groups excluding carboxylic acids is 1. The number of carbonyl (C=O) groups is 1. The second-order valence-electron chi connectivity index (χ2n) is 6.09. The van der Waals surface area contributed by atoms with Gasteiger partial charge in [0.2, 0.25) is 5.75 Å². The summed E-state index contributed by atoms with van der Waals surface area (Å²) >= 11 is 0. The molecule has 0 fully saturated rings. The highest BCUT2D eigenvalue weighted by Gasteiger charge is 2.16. The van der Waals surface area contributed by atoms with Crippen LogP contribution in [-0.4, -0.2) is 28.2 Å². The van der Waals surface area contributed by atoms with E-state index in [0.717, 1.165) is 5.57 Å². The van der Waals surface area contributed by atoms with Crippen molar-refractivity contribution in [2.24, 2.45) is 0 Å². The standard InChI is InChI=1S/C21H22O5/c1-13(2)4-5-15-12-16(21(26-3)20(25)19(15)24)8-11-18(23)14-6-9-17(22)10-7-14/h4,6-12,22,24-25H,5H2,1-3H3/b11-8+. The zero-order valence-electron chi connectivity index (χ0n) is 15.0. The molecule has 5 heteroatoms. The van der Waals surface area contributed by atoms with Crippen molar-refractivity contribution in [3.63, 3.8) is 0 Å². The number of phenolic OH excluding ortho intramolecular Hbond substituents is 3. The van der Waals surface area contributed by atoms with Gasteiger partial charge in [0.05, 0.1) is 7.11 Å². The van der Waals surface area contributed by atoms with Crippen molar-refractivity contribution in [1.29, 1.82) is 0 Å². The largest absolute Gasteiger partial charge is 0.508 e. The number of methoxy groups -OCH3 is 1. The number of hydrogen-bond donors (Lipinski definition) is 3. The highest BCUT2D eigenvalue weighted by molar-refractivity contribution is 6.07. The van der Waals surface area contributed by atoms with Gasteiger partial charge in [0.1, 0.15) is 5.75 Å². The van der Waals surface area contributed by atoms with E-state index >= 15 is 0 Å². The van der Waals surface area contributed by atoms with Crippen LogP contribution in [0.4, 0.5) is 0 Å². The minimum atomic E-state index is -0.358. The number of aromatic hydroxyl groups is 3. The van der Waals surface area contributed by atoms with E-state index in [-0.39, 0.29) is 28.8 Å². The lowest BCUT2D eigenvalue weighted by Gasteiger charge is -2.12. The van der Waals surface area contributed by atoms with Crippen LogP contribution < -0.4 is 4.74 Å². The van der Waals surface area contributed by atoms with Gasteiger partial charge in [0.25, 0.3) is 0 Å². The SMILES string of the molecule is COc1c(/C=C/C(=O)c2ccc(O)cc2)cc(CC=C(C)C)c(O)c1O. The Morgan fingerprint density at radius 1 is 1.08 bits per heavy atom. The van der Waals surface area contributed by atoms with Crippen molar-refractivity contribution in [3.05, 3.63) is 64.7 Å². The number of benzene rings is 2. The Hall–Kier alpha value is -3.21. The van der Waals surface area contributed by atoms with Gasteiger partial charge in [-0.15, -0.1) is 0 Å². The Morgan fingerprint density at radius 3 is 2.31 bits per heavy atom. The number of hydrogen-bond acceptors (Lipinski definition) is 5. The lowest BCUT2D eigenvalue weighted by atomic mass is 10.0. The minimum absolute atomic E-state index is 0.0829. The molecule has 0 saturated carbocycles. The first-order valence-electron chi connectivity index (χ1n) is 8.10. The molecule has 3 N–H and O–H groups in total. The van der Waals surface area contributed by atoms with E-state index < -0.39 is 0 Å². The molecular formula is C21H22O5. The van der Waals surface area contributed by atoms with Crippen molar-refractivity contribution in [2.45, 2.75) is 20.3 Å². The van der Waals surface area contributed by atoms with Gasteiger partial charge in [-0.2, -0.15) is 0 Å². The molecule has 26 heavy (non-hydrogen) atoms. The highest BCUT2D eigenvalue weighted by Crippen LogP contribution is 2.42. The van der Waals surface area contributed by atoms with Gasteiger partial charge in [-0.3, -0.25) is 4.79 Å². The van der Waals surface area contributed by atoms with E-state index in [2.05, 4.69) is 0 Å². The van der Waals surface area contributed by atoms with Crippen LogP contribution in [-0.2, 0) is 6.42 Å². The molecular weight excluding hydrogens is 332 g/mol. The van der Waals surface area contributed by atoms with Gasteiger partial charge in [-0.25, -0.2) is 0 Å². The van der Waals surface area contributed by atoms with Gasteiger partial charge in [-0.1, -0.05) is 11.6 Å². The molecule has 0 radical (unpaired) electrons. The third-order valence-corrected chi connectivity index (χ3v) is 3.84. The van der Waals surface area contributed by atoms with Crippen molar-refractivity contribution in [2.75, 3.05) is 7.11 Å². The van der Waals surface area contributed by atoms with E-state index in [9.17, 15) is 20.1 Å². The highest BCUT2D eigenvalue weighted by atomic mass is 16.5. The Balaban J connectivity index is 2.38. The first-order valence-corrected chi connectivity index (χ1v) is 8.10. The fourth-order valence-corrected chi connectivity index (χ4v) is 2.41. The van der Waals surface area contributed by atoms with Gasteiger partial charge in [-0.05, 0) is 62.8 Å². The van der Waals surface area contributed by atoms with Gasteiger partial charge in [0.15, 0.2) is 17.3 Å². The van der Waals surface area contributed by atoms with Crippen molar-refractivity contribution in [3.8, 4) is 23.0 Å². The number of ether oxygens (including phenoxy) is 1. The molecule has 0 saturated heterocycles. The third kappa shape index (κ3) is 4.45. The molecule has 0 unspecified atom stereocenters. The van der Waals surface area contributed by atoms with Gasteiger partial charge >= 0.3 is 0 Å². The van der Waals surface area contributed by atoms with Crippen LogP contribution in [0.2, 0.25) is 0 Å². The summed E-state index contributed by atoms with van der Waals surface area (Å²) in [5.41, 5.74) is 2.51. The summed E-state index contributed by atoms with van der Waals surface area (Å²) in [5, 5.41) is 29.6. The summed E-state index contributed by atoms with van der Waals surface area (Å²) < 4.78 is 5.17. The van der Waals surface area contributed by atoms with E-state index in [1.165, 1.54) is 43.5 Å². The molecule has 0 aromatic heterocycles. The predicted octanol–water partition coefficient (Wildman–Crippen LogP) is 4.22. The summed E-state index contributed by atoms with van der Waals surface area (Å²) in [4.78, 5) is 12.3. The molecule has 0 bridgehead atoms. The normalized spacial score (nSPS) is 10.7. The number of rotatable bonds is 6. The van der Waals surface area contributed by atoms with E-state index in [0.29, 0.717) is 23.1 Å². The summed E-state index contributed by atoms with van der Waals surface area (Å²) in [6.07, 6.45) is 5.25. The predicted molar refractivity (Wildman–Crippen MR) is 101 cm³/mol. The molecule has 5 nitrogen and oxygen atoms in total. The average molecular weight is 354 g/mol. The molecule has 0 atom stereocenters. The van der Waals surface area contributed by atoms with Crippen LogP contribution in [0.3, 0.4) is 0 Å². The smallest absolute Gasteiger partial charge is 0.201 e. The molecule has 2 rings (SSSR count). The molecule has 0 aliphatic carbocycles. The second-order valence-corrected chi connectivity index (χ2v) is 6.09. The molecule has 0 aliphatic heterocycles. The average Bonchev–Trinajstić information content (AvgIpc) is 2.61. The maximum atomic E-state index is 12.3. The van der Waals surface area contributed by atoms with E-state index in [4.69, 9.17) is 4.74 Å². The van der Waals surface area contributed by atoms with E-state index in [1.54, 1.807) is 6.07 Å². The molecule has 0 amide bonds. The quantitative estimate of drug-likeness (QED) is 0.313. The van der Waals surface area contributed by atoms with Gasteiger partial charge in [0, 0.05) is 16.7 Å². The zero-order valence-corrected chi connectivity index (χ0v) is 15.0. The maximum Gasteiger partial charge on any atom is 0.201 e. The maximum absolute atomic E-state index is 12.3. The molecule has 0 heterocycles. The Morgan fingerprint density at radius 2 is 1.73 bits per heavy atom. The molecule has 136 valence electrons. The lowest BCUT2D eigenvalue weighted by Crippen LogP contribution is -1.95. The first-order chi connectivity index (χ1) is 12.3. The van der Waals surface area contributed by atoms with Crippen LogP contribution in [0.15, 0.2) is 48.1 Å². The number of allylic oxidation sites excluding steroid dienone is 3. The Kier molecular flexibility index (Phi) is 6.07. The zero-order chi connectivity index (χ0) is 19.3. The van der Waals surface area contributed by atoms with Crippen molar-refractivity contribution >= 4 is 11.9 Å². The summed E-state index contributed by atoms with van der Waals surface area (Å²) in [6.45, 7) is 3.88. The molecule has 0 spiro atoms. The number of phenols is 3. The van der Waals surface area contributed by atoms with Gasteiger partial charge < -0.3 is 20.1 Å². The first kappa shape index (κ1) is 19.1. The van der Waals surface area contributed by atoms with Crippen LogP contribution in [0.25, 0.3) is 6.08 Å². The minimum Gasteiger partial charge on any atom is -0.508 e. The summed E-state index contributed by atoms with van der Waals surface area (Å²) in [7, 11) is 1.38. The lowest BCUT2D eigenvalue weighted by molar-refractivity contribution is 0.104. The Bertz CT molecular complexity index is 857. The van der Waals surface area contributed by atoms with Crippen LogP contribution in [0, 0.1) is 0 Å². The third-order valence-electron chi connectivity index (χ3n) is 3.84. The summed E-state index contributed by atoms with van der Waals surface area (Å²) in [5.74, 6) is -0.673. The van der Waals surface area contributed by atoms with Crippen LogP contribution in [0.5, 0.6) is 23.0 Å². The second kappa shape index (κ2) is 8.25. The monoisotopic (exact) mass is 354 g/mol. The van der Waals surface area contributed by atoms with Crippen molar-refractivity contribution in [1.82, 2.24) is 0 Å². The molecule has 2 aromatic carbocycles. The Labute approximate surface area is 152 Å². The summed E-state index contributed by atoms with van der Waals surface area (Å²) in [6, 6.07) is 7.59.